The fraction of sp³-hybridized carbons (Fsp3) is 0.286. The van der Waals surface area contributed by atoms with Crippen molar-refractivity contribution in [3.05, 3.63) is 77.9 Å². The van der Waals surface area contributed by atoms with Crippen molar-refractivity contribution in [2.75, 3.05) is 13.2 Å². The van der Waals surface area contributed by atoms with Gasteiger partial charge in [0.25, 0.3) is 0 Å². The summed E-state index contributed by atoms with van der Waals surface area (Å²) in [5.41, 5.74) is 1.09. The molecule has 0 aliphatic rings. The summed E-state index contributed by atoms with van der Waals surface area (Å²) >= 11 is 0. The Morgan fingerprint density at radius 2 is 1.50 bits per heavy atom. The van der Waals surface area contributed by atoms with Gasteiger partial charge in [-0.3, -0.25) is 9.36 Å². The summed E-state index contributed by atoms with van der Waals surface area (Å²) in [6.45, 7) is 4.05. The molecule has 1 unspecified atom stereocenters. The molecule has 0 radical (unpaired) electrons. The predicted octanol–water partition coefficient (Wildman–Crippen LogP) is 5.67. The van der Waals surface area contributed by atoms with E-state index in [4.69, 9.17) is 9.05 Å². The Kier molecular flexibility index (Phi) is 7.99. The van der Waals surface area contributed by atoms with Crippen LogP contribution in [0.3, 0.4) is 0 Å². The zero-order valence-corrected chi connectivity index (χ0v) is 16.1. The molecule has 2 aromatic rings. The zero-order valence-electron chi connectivity index (χ0n) is 15.2. The van der Waals surface area contributed by atoms with Crippen molar-refractivity contribution in [2.24, 2.45) is 0 Å². The fourth-order valence-corrected chi connectivity index (χ4v) is 4.77. The maximum Gasteiger partial charge on any atom is 0.338 e. The molecule has 5 heteroatoms. The van der Waals surface area contributed by atoms with Gasteiger partial charge >= 0.3 is 7.60 Å². The van der Waals surface area contributed by atoms with Crippen molar-refractivity contribution in [1.29, 1.82) is 0 Å². The third-order valence-electron chi connectivity index (χ3n) is 3.84. The van der Waals surface area contributed by atoms with Crippen LogP contribution < -0.4 is 0 Å². The normalized spacial score (nSPS) is 13.0. The molecule has 2 rings (SSSR count). The first-order valence-electron chi connectivity index (χ1n) is 8.78. The molecule has 0 fully saturated rings. The van der Waals surface area contributed by atoms with Crippen LogP contribution in [0, 0.1) is 0 Å². The lowest BCUT2D eigenvalue weighted by Crippen LogP contribution is -2.10. The minimum absolute atomic E-state index is 0.0601. The average molecular weight is 372 g/mol. The second-order valence-corrected chi connectivity index (χ2v) is 7.94. The summed E-state index contributed by atoms with van der Waals surface area (Å²) in [5, 5.41) is 0. The van der Waals surface area contributed by atoms with E-state index in [0.29, 0.717) is 0 Å². The molecule has 0 aliphatic heterocycles. The maximum absolute atomic E-state index is 13.3. The van der Waals surface area contributed by atoms with Gasteiger partial charge in [0.1, 0.15) is 0 Å². The lowest BCUT2D eigenvalue weighted by molar-refractivity contribution is -0.114. The quantitative estimate of drug-likeness (QED) is 0.398. The van der Waals surface area contributed by atoms with E-state index in [1.807, 2.05) is 60.7 Å². The van der Waals surface area contributed by atoms with Crippen LogP contribution in [0.25, 0.3) is 6.08 Å². The zero-order chi connectivity index (χ0) is 18.8. The van der Waals surface area contributed by atoms with Crippen molar-refractivity contribution >= 4 is 19.5 Å². The Hall–Kier alpha value is -2.00. The average Bonchev–Trinajstić information content (AvgIpc) is 2.66. The van der Waals surface area contributed by atoms with Gasteiger partial charge in [0.15, 0.2) is 5.78 Å². The highest BCUT2D eigenvalue weighted by Gasteiger charge is 2.37. The van der Waals surface area contributed by atoms with Crippen LogP contribution in [0.2, 0.25) is 0 Å². The Bertz CT molecular complexity index is 746. The molecule has 0 saturated carbocycles. The Morgan fingerprint density at radius 3 is 2.04 bits per heavy atom. The number of hydrogen-bond acceptors (Lipinski definition) is 4. The summed E-state index contributed by atoms with van der Waals surface area (Å²) in [4.78, 5) is 12.5. The van der Waals surface area contributed by atoms with Crippen LogP contribution >= 0.6 is 7.60 Å². The Balaban J connectivity index is 2.25. The maximum atomic E-state index is 13.3. The molecular weight excluding hydrogens is 347 g/mol. The number of rotatable bonds is 10. The number of carbonyl (C=O) groups is 1. The summed E-state index contributed by atoms with van der Waals surface area (Å²) in [6, 6.07) is 18.9. The van der Waals surface area contributed by atoms with E-state index in [-0.39, 0.29) is 25.4 Å². The van der Waals surface area contributed by atoms with Crippen molar-refractivity contribution in [3.8, 4) is 0 Å². The SMILES string of the molecule is CCOP(=O)(OCC)C(CC(=O)/C=C/c1ccccc1)c1ccccc1. The summed E-state index contributed by atoms with van der Waals surface area (Å²) in [6.07, 6.45) is 3.34. The molecule has 2 aromatic carbocycles. The van der Waals surface area contributed by atoms with Crippen molar-refractivity contribution in [2.45, 2.75) is 25.9 Å². The standard InChI is InChI=1S/C21H25O4P/c1-3-24-26(23,25-4-2)21(19-13-9-6-10-14-19)17-20(22)16-15-18-11-7-5-8-12-18/h5-16,21H,3-4,17H2,1-2H3/b16-15+. The first-order chi connectivity index (χ1) is 12.6. The number of allylic oxidation sites excluding steroid dienone is 1. The highest BCUT2D eigenvalue weighted by atomic mass is 31.2. The highest BCUT2D eigenvalue weighted by Crippen LogP contribution is 2.62. The van der Waals surface area contributed by atoms with Gasteiger partial charge in [0.2, 0.25) is 0 Å². The topological polar surface area (TPSA) is 52.6 Å². The van der Waals surface area contributed by atoms with E-state index >= 15 is 0 Å². The van der Waals surface area contributed by atoms with E-state index in [2.05, 4.69) is 0 Å². The smallest absolute Gasteiger partial charge is 0.308 e. The van der Waals surface area contributed by atoms with Crippen LogP contribution in [-0.2, 0) is 18.4 Å². The molecule has 138 valence electrons. The molecule has 0 N–H and O–H groups in total. The number of benzene rings is 2. The van der Waals surface area contributed by atoms with Crippen LogP contribution in [0.1, 0.15) is 37.1 Å². The molecule has 0 spiro atoms. The summed E-state index contributed by atoms with van der Waals surface area (Å²) < 4.78 is 24.3. The highest BCUT2D eigenvalue weighted by molar-refractivity contribution is 7.54. The van der Waals surface area contributed by atoms with Crippen LogP contribution in [-0.4, -0.2) is 19.0 Å². The first kappa shape index (κ1) is 20.3. The van der Waals surface area contributed by atoms with Crippen LogP contribution in [0.15, 0.2) is 66.7 Å². The van der Waals surface area contributed by atoms with Gasteiger partial charge in [-0.1, -0.05) is 66.7 Å². The molecule has 0 bridgehead atoms. The number of carbonyl (C=O) groups excluding carboxylic acids is 1. The second kappa shape index (κ2) is 10.2. The van der Waals surface area contributed by atoms with E-state index in [1.54, 1.807) is 19.9 Å². The molecule has 0 saturated heterocycles. The molecule has 0 amide bonds. The first-order valence-corrected chi connectivity index (χ1v) is 10.4. The largest absolute Gasteiger partial charge is 0.338 e. The molecule has 0 aromatic heterocycles. The summed E-state index contributed by atoms with van der Waals surface area (Å²) in [7, 11) is -3.46. The lowest BCUT2D eigenvalue weighted by atomic mass is 10.1. The van der Waals surface area contributed by atoms with Gasteiger partial charge in [-0.2, -0.15) is 0 Å². The monoisotopic (exact) mass is 372 g/mol. The molecule has 4 nitrogen and oxygen atoms in total. The Morgan fingerprint density at radius 1 is 0.962 bits per heavy atom. The number of hydrogen-bond donors (Lipinski definition) is 0. The van der Waals surface area contributed by atoms with Gasteiger partial charge in [0, 0.05) is 6.42 Å². The second-order valence-electron chi connectivity index (χ2n) is 5.72. The molecular formula is C21H25O4P. The van der Waals surface area contributed by atoms with E-state index in [0.717, 1.165) is 11.1 Å². The molecule has 26 heavy (non-hydrogen) atoms. The minimum atomic E-state index is -3.46. The van der Waals surface area contributed by atoms with Crippen LogP contribution in [0.4, 0.5) is 0 Å². The van der Waals surface area contributed by atoms with E-state index < -0.39 is 13.3 Å². The van der Waals surface area contributed by atoms with Crippen molar-refractivity contribution < 1.29 is 18.4 Å². The van der Waals surface area contributed by atoms with Crippen molar-refractivity contribution in [3.63, 3.8) is 0 Å². The van der Waals surface area contributed by atoms with E-state index in [1.165, 1.54) is 6.08 Å². The third kappa shape index (κ3) is 5.77. The molecule has 0 heterocycles. The van der Waals surface area contributed by atoms with Gasteiger partial charge in [0.05, 0.1) is 18.9 Å². The Labute approximate surface area is 155 Å². The lowest BCUT2D eigenvalue weighted by Gasteiger charge is -2.26. The van der Waals surface area contributed by atoms with Crippen LogP contribution in [0.5, 0.6) is 0 Å². The molecule has 1 atom stereocenters. The number of ketones is 1. The van der Waals surface area contributed by atoms with Gasteiger partial charge in [-0.25, -0.2) is 0 Å². The minimum Gasteiger partial charge on any atom is -0.308 e. The third-order valence-corrected chi connectivity index (χ3v) is 6.32. The van der Waals surface area contributed by atoms with Gasteiger partial charge in [-0.15, -0.1) is 0 Å². The fourth-order valence-electron chi connectivity index (χ4n) is 2.68. The van der Waals surface area contributed by atoms with Crippen molar-refractivity contribution in [1.82, 2.24) is 0 Å². The van der Waals surface area contributed by atoms with E-state index in [9.17, 15) is 9.36 Å². The van der Waals surface area contributed by atoms with Gasteiger partial charge in [-0.05, 0) is 31.1 Å². The summed E-state index contributed by atoms with van der Waals surface area (Å²) in [5.74, 6) is -0.123. The predicted molar refractivity (Wildman–Crippen MR) is 105 cm³/mol. The molecule has 0 aliphatic carbocycles. The van der Waals surface area contributed by atoms with Gasteiger partial charge < -0.3 is 9.05 Å².